The second kappa shape index (κ2) is 8.95. The summed E-state index contributed by atoms with van der Waals surface area (Å²) >= 11 is 0. The molecule has 2 bridgehead atoms. The largest absolute Gasteiger partial charge is 0.459 e. The molecule has 160 valence electrons. The fourth-order valence-corrected chi connectivity index (χ4v) is 4.28. The van der Waals surface area contributed by atoms with E-state index >= 15 is 0 Å². The molecule has 0 amide bonds. The van der Waals surface area contributed by atoms with Crippen LogP contribution in [0.25, 0.3) is 0 Å². The Kier molecular flexibility index (Phi) is 7.32. The fraction of sp³-hybridized carbons (Fsp3) is 0.818. The Morgan fingerprint density at radius 3 is 2.54 bits per heavy atom. The van der Waals surface area contributed by atoms with Gasteiger partial charge in [0.15, 0.2) is 0 Å². The van der Waals surface area contributed by atoms with Gasteiger partial charge in [0, 0.05) is 6.92 Å². The van der Waals surface area contributed by atoms with Crippen molar-refractivity contribution in [3.63, 3.8) is 0 Å². The molecular weight excluding hydrogens is 360 g/mol. The minimum atomic E-state index is -1.19. The van der Waals surface area contributed by atoms with Gasteiger partial charge in [-0.15, -0.1) is 0 Å². The summed E-state index contributed by atoms with van der Waals surface area (Å²) in [5, 5.41) is 22.0. The van der Waals surface area contributed by atoms with Crippen LogP contribution in [-0.4, -0.2) is 45.6 Å². The van der Waals surface area contributed by atoms with Gasteiger partial charge < -0.3 is 19.7 Å². The lowest BCUT2D eigenvalue weighted by Gasteiger charge is -2.41. The highest BCUT2D eigenvalue weighted by Gasteiger charge is 2.44. The molecule has 1 fully saturated rings. The molecule has 1 aliphatic carbocycles. The Hall–Kier alpha value is -1.40. The second-order valence-corrected chi connectivity index (χ2v) is 9.19. The Labute approximate surface area is 168 Å². The van der Waals surface area contributed by atoms with Crippen molar-refractivity contribution in [3.8, 4) is 0 Å². The highest BCUT2D eigenvalue weighted by atomic mass is 16.6. The number of esters is 2. The van der Waals surface area contributed by atoms with Crippen LogP contribution in [0, 0.1) is 11.8 Å². The van der Waals surface area contributed by atoms with Gasteiger partial charge in [-0.3, -0.25) is 9.59 Å². The van der Waals surface area contributed by atoms with Gasteiger partial charge in [0.1, 0.15) is 12.2 Å². The van der Waals surface area contributed by atoms with Crippen molar-refractivity contribution in [3.05, 3.63) is 11.6 Å². The molecule has 0 saturated carbocycles. The Balaban J connectivity index is 2.29. The molecule has 1 saturated heterocycles. The van der Waals surface area contributed by atoms with Gasteiger partial charge in [-0.1, -0.05) is 18.6 Å². The Morgan fingerprint density at radius 1 is 1.21 bits per heavy atom. The predicted octanol–water partition coefficient (Wildman–Crippen LogP) is 3.29. The van der Waals surface area contributed by atoms with Crippen molar-refractivity contribution in [2.24, 2.45) is 11.8 Å². The van der Waals surface area contributed by atoms with E-state index in [0.29, 0.717) is 44.9 Å². The summed E-state index contributed by atoms with van der Waals surface area (Å²) in [5.74, 6) is -0.984. The third-order valence-electron chi connectivity index (χ3n) is 6.52. The molecule has 0 aromatic heterocycles. The number of hydrogen-bond acceptors (Lipinski definition) is 6. The predicted molar refractivity (Wildman–Crippen MR) is 105 cm³/mol. The molecule has 0 aromatic rings. The highest BCUT2D eigenvalue weighted by Crippen LogP contribution is 2.38. The quantitative estimate of drug-likeness (QED) is 0.522. The summed E-state index contributed by atoms with van der Waals surface area (Å²) in [4.78, 5) is 23.9. The molecule has 6 atom stereocenters. The molecule has 6 heteroatoms. The van der Waals surface area contributed by atoms with E-state index in [1.165, 1.54) is 6.92 Å². The molecular formula is C22H36O6. The summed E-state index contributed by atoms with van der Waals surface area (Å²) in [6.07, 6.45) is 4.91. The average molecular weight is 397 g/mol. The van der Waals surface area contributed by atoms with E-state index in [9.17, 15) is 19.8 Å². The lowest BCUT2D eigenvalue weighted by Crippen LogP contribution is -2.49. The Morgan fingerprint density at radius 2 is 1.89 bits per heavy atom. The smallest absolute Gasteiger partial charge is 0.309 e. The van der Waals surface area contributed by atoms with E-state index in [0.717, 1.165) is 5.57 Å². The van der Waals surface area contributed by atoms with Crippen LogP contribution in [0.1, 0.15) is 79.6 Å². The van der Waals surface area contributed by atoms with Crippen molar-refractivity contribution < 1.29 is 29.3 Å². The summed E-state index contributed by atoms with van der Waals surface area (Å²) in [5.41, 5.74) is -1.15. The van der Waals surface area contributed by atoms with Gasteiger partial charge in [-0.2, -0.15) is 0 Å². The van der Waals surface area contributed by atoms with Crippen LogP contribution in [0.2, 0.25) is 0 Å². The minimum Gasteiger partial charge on any atom is -0.459 e. The minimum absolute atomic E-state index is 0.00222. The number of ether oxygens (including phenoxy) is 2. The molecule has 2 N–H and O–H groups in total. The summed E-state index contributed by atoms with van der Waals surface area (Å²) in [6.45, 7) is 8.63. The number of fused-ring (bicyclic) bond motifs is 2. The van der Waals surface area contributed by atoms with Crippen molar-refractivity contribution in [2.75, 3.05) is 0 Å². The molecule has 1 heterocycles. The topological polar surface area (TPSA) is 93.1 Å². The van der Waals surface area contributed by atoms with Gasteiger partial charge in [-0.05, 0) is 71.6 Å². The zero-order chi connectivity index (χ0) is 21.1. The fourth-order valence-electron chi connectivity index (χ4n) is 4.28. The number of rotatable bonds is 1. The molecule has 2 rings (SSSR count). The molecule has 0 radical (unpaired) electrons. The van der Waals surface area contributed by atoms with Crippen molar-refractivity contribution >= 4 is 11.9 Å². The maximum absolute atomic E-state index is 12.4. The molecule has 0 spiro atoms. The zero-order valence-electron chi connectivity index (χ0n) is 17.9. The van der Waals surface area contributed by atoms with Gasteiger partial charge in [0.2, 0.25) is 0 Å². The van der Waals surface area contributed by atoms with Gasteiger partial charge in [0.25, 0.3) is 0 Å². The molecule has 1 aliphatic heterocycles. The van der Waals surface area contributed by atoms with Crippen LogP contribution in [0.4, 0.5) is 0 Å². The standard InChI is InChI=1S/C22H36O6/c1-14-7-6-11-21(4,25)19-13-17(15(2)20(24)28-19)10-12-22(5,26)18(9-8-14)27-16(3)23/h7,15,17-19,25-26H,6,8-13H2,1-5H3. The highest BCUT2D eigenvalue weighted by molar-refractivity contribution is 5.73. The summed E-state index contributed by atoms with van der Waals surface area (Å²) < 4.78 is 11.0. The number of hydrogen-bond donors (Lipinski definition) is 2. The third kappa shape index (κ3) is 5.80. The monoisotopic (exact) mass is 396 g/mol. The SMILES string of the molecule is CC(=O)OC1CCC(C)=CCCC(C)(O)C2CC(CCC1(C)O)C(C)C(=O)O2. The molecule has 2 aliphatic rings. The number of carbonyl (C=O) groups is 2. The van der Waals surface area contributed by atoms with E-state index < -0.39 is 29.4 Å². The lowest BCUT2D eigenvalue weighted by atomic mass is 9.75. The van der Waals surface area contributed by atoms with Gasteiger partial charge >= 0.3 is 11.9 Å². The number of allylic oxidation sites excluding steroid dienone is 2. The van der Waals surface area contributed by atoms with E-state index in [4.69, 9.17) is 9.47 Å². The summed E-state index contributed by atoms with van der Waals surface area (Å²) in [7, 11) is 0. The zero-order valence-corrected chi connectivity index (χ0v) is 17.9. The first-order valence-electron chi connectivity index (χ1n) is 10.4. The first-order chi connectivity index (χ1) is 12.9. The van der Waals surface area contributed by atoms with Crippen LogP contribution in [-0.2, 0) is 19.1 Å². The van der Waals surface area contributed by atoms with Crippen LogP contribution < -0.4 is 0 Å². The molecule has 0 aromatic carbocycles. The summed E-state index contributed by atoms with van der Waals surface area (Å²) in [6, 6.07) is 0. The van der Waals surface area contributed by atoms with Crippen LogP contribution in [0.15, 0.2) is 11.6 Å². The third-order valence-corrected chi connectivity index (χ3v) is 6.52. The maximum Gasteiger partial charge on any atom is 0.309 e. The van der Waals surface area contributed by atoms with E-state index in [1.54, 1.807) is 13.8 Å². The average Bonchev–Trinajstić information content (AvgIpc) is 2.58. The van der Waals surface area contributed by atoms with Gasteiger partial charge in [0.05, 0.1) is 17.1 Å². The maximum atomic E-state index is 12.4. The van der Waals surface area contributed by atoms with E-state index in [-0.39, 0.29) is 17.8 Å². The normalized spacial score (nSPS) is 40.7. The second-order valence-electron chi connectivity index (χ2n) is 9.19. The van der Waals surface area contributed by atoms with Crippen molar-refractivity contribution in [1.29, 1.82) is 0 Å². The van der Waals surface area contributed by atoms with Crippen LogP contribution >= 0.6 is 0 Å². The first kappa shape index (κ1) is 22.9. The van der Waals surface area contributed by atoms with E-state index in [1.807, 2.05) is 13.8 Å². The molecule has 6 nitrogen and oxygen atoms in total. The molecule has 28 heavy (non-hydrogen) atoms. The van der Waals surface area contributed by atoms with Crippen molar-refractivity contribution in [2.45, 2.75) is 103 Å². The lowest BCUT2D eigenvalue weighted by molar-refractivity contribution is -0.185. The van der Waals surface area contributed by atoms with Crippen LogP contribution in [0.3, 0.4) is 0 Å². The number of carbonyl (C=O) groups excluding carboxylic acids is 2. The van der Waals surface area contributed by atoms with E-state index in [2.05, 4.69) is 6.08 Å². The van der Waals surface area contributed by atoms with Crippen LogP contribution in [0.5, 0.6) is 0 Å². The molecule has 6 unspecified atom stereocenters. The number of aliphatic hydroxyl groups is 2. The van der Waals surface area contributed by atoms with Crippen molar-refractivity contribution in [1.82, 2.24) is 0 Å². The first-order valence-corrected chi connectivity index (χ1v) is 10.4. The Bertz CT molecular complexity index is 606. The van der Waals surface area contributed by atoms with Gasteiger partial charge in [-0.25, -0.2) is 0 Å².